The van der Waals surface area contributed by atoms with Gasteiger partial charge in [0, 0.05) is 10.6 Å². The van der Waals surface area contributed by atoms with Crippen molar-refractivity contribution in [3.05, 3.63) is 34.9 Å². The number of nitrogens with zero attached hydrogens (tertiary/aromatic N) is 1. The van der Waals surface area contributed by atoms with Crippen molar-refractivity contribution in [2.45, 2.75) is 0 Å². The van der Waals surface area contributed by atoms with Crippen LogP contribution in [0.25, 0.3) is 0 Å². The lowest BCUT2D eigenvalue weighted by Gasteiger charge is -2.12. The normalized spacial score (nSPS) is 16.1. The van der Waals surface area contributed by atoms with E-state index in [1.165, 1.54) is 0 Å². The smallest absolute Gasteiger partial charge is 0.216 e. The first kappa shape index (κ1) is 9.21. The van der Waals surface area contributed by atoms with Gasteiger partial charge in [0.1, 0.15) is 6.54 Å². The number of hydrogen-bond donors (Lipinski definition) is 0. The van der Waals surface area contributed by atoms with Crippen molar-refractivity contribution in [3.8, 4) is 0 Å². The van der Waals surface area contributed by atoms with Crippen LogP contribution in [0.5, 0.6) is 0 Å². The highest BCUT2D eigenvalue weighted by Gasteiger charge is 2.13. The van der Waals surface area contributed by atoms with E-state index in [1.54, 1.807) is 12.1 Å². The molecule has 72 valence electrons. The molecule has 0 unspecified atom stereocenters. The molecule has 0 amide bonds. The molecule has 1 aliphatic rings. The van der Waals surface area contributed by atoms with Gasteiger partial charge in [0.2, 0.25) is 5.90 Å². The van der Waals surface area contributed by atoms with Crippen molar-refractivity contribution in [1.29, 1.82) is 0 Å². The maximum absolute atomic E-state index is 10.8. The Morgan fingerprint density at radius 3 is 2.57 bits per heavy atom. The van der Waals surface area contributed by atoms with Crippen molar-refractivity contribution >= 4 is 23.3 Å². The number of aliphatic imine (C=N–C) groups is 1. The van der Waals surface area contributed by atoms with E-state index in [1.807, 2.05) is 12.1 Å². The fraction of sp³-hybridized carbons (Fsp3) is 0.200. The van der Waals surface area contributed by atoms with E-state index in [0.717, 1.165) is 5.56 Å². The first-order valence-electron chi connectivity index (χ1n) is 4.20. The predicted octanol–water partition coefficient (Wildman–Crippen LogP) is 1.69. The van der Waals surface area contributed by atoms with E-state index in [4.69, 9.17) is 16.3 Å². The third kappa shape index (κ3) is 1.93. The number of rotatable bonds is 1. The molecule has 0 aromatic heterocycles. The van der Waals surface area contributed by atoms with Crippen LogP contribution in [0, 0.1) is 0 Å². The van der Waals surface area contributed by atoms with E-state index >= 15 is 0 Å². The Kier molecular flexibility index (Phi) is 2.50. The number of ether oxygens (including phenoxy) is 1. The van der Waals surface area contributed by atoms with Gasteiger partial charge in [-0.15, -0.1) is 0 Å². The standard InChI is InChI=1S/C10H8ClNO2/c11-8-3-1-7(2-4-8)10-12-5-9(13)6-14-10/h1-4H,5-6H2. The molecule has 1 aliphatic heterocycles. The Labute approximate surface area is 86.4 Å². The first-order valence-corrected chi connectivity index (χ1v) is 4.58. The number of benzene rings is 1. The second kappa shape index (κ2) is 3.80. The minimum absolute atomic E-state index is 0.00251. The molecule has 14 heavy (non-hydrogen) atoms. The van der Waals surface area contributed by atoms with Crippen LogP contribution < -0.4 is 0 Å². The molecule has 0 radical (unpaired) electrons. The second-order valence-corrected chi connectivity index (χ2v) is 3.39. The van der Waals surface area contributed by atoms with Gasteiger partial charge < -0.3 is 4.74 Å². The molecule has 2 rings (SSSR count). The highest BCUT2D eigenvalue weighted by Crippen LogP contribution is 2.12. The monoisotopic (exact) mass is 209 g/mol. The third-order valence-corrected chi connectivity index (χ3v) is 2.11. The van der Waals surface area contributed by atoms with Gasteiger partial charge >= 0.3 is 0 Å². The van der Waals surface area contributed by atoms with Crippen LogP contribution >= 0.6 is 11.6 Å². The van der Waals surface area contributed by atoms with E-state index in [9.17, 15) is 4.79 Å². The molecule has 0 aliphatic carbocycles. The molecule has 1 heterocycles. The van der Waals surface area contributed by atoms with Gasteiger partial charge in [0.25, 0.3) is 0 Å². The minimum Gasteiger partial charge on any atom is -0.469 e. The molecule has 4 heteroatoms. The van der Waals surface area contributed by atoms with E-state index in [0.29, 0.717) is 10.9 Å². The van der Waals surface area contributed by atoms with Gasteiger partial charge in [-0.05, 0) is 24.3 Å². The quantitative estimate of drug-likeness (QED) is 0.706. The summed E-state index contributed by atoms with van der Waals surface area (Å²) in [5.41, 5.74) is 0.849. The zero-order valence-electron chi connectivity index (χ0n) is 7.37. The van der Waals surface area contributed by atoms with Crippen LogP contribution in [-0.4, -0.2) is 24.8 Å². The molecule has 0 saturated heterocycles. The molecule has 0 atom stereocenters. The zero-order valence-corrected chi connectivity index (χ0v) is 8.12. The second-order valence-electron chi connectivity index (χ2n) is 2.96. The largest absolute Gasteiger partial charge is 0.469 e. The number of carbonyl (C=O) groups is 1. The van der Waals surface area contributed by atoms with Gasteiger partial charge in [-0.1, -0.05) is 11.6 Å². The van der Waals surface area contributed by atoms with Gasteiger partial charge in [-0.25, -0.2) is 4.99 Å². The van der Waals surface area contributed by atoms with Crippen LogP contribution in [0.3, 0.4) is 0 Å². The summed E-state index contributed by atoms with van der Waals surface area (Å²) in [6.45, 7) is 0.319. The Morgan fingerprint density at radius 2 is 2.00 bits per heavy atom. The topological polar surface area (TPSA) is 38.7 Å². The lowest BCUT2D eigenvalue weighted by molar-refractivity contribution is -0.120. The number of carbonyl (C=O) groups excluding carboxylic acids is 1. The molecule has 1 aromatic carbocycles. The molecule has 0 saturated carbocycles. The predicted molar refractivity (Wildman–Crippen MR) is 53.8 cm³/mol. The average Bonchev–Trinajstić information content (AvgIpc) is 2.21. The van der Waals surface area contributed by atoms with Gasteiger partial charge in [-0.2, -0.15) is 0 Å². The molecule has 0 fully saturated rings. The summed E-state index contributed by atoms with van der Waals surface area (Å²) in [5, 5.41) is 0.668. The first-order chi connectivity index (χ1) is 6.75. The van der Waals surface area contributed by atoms with Crippen LogP contribution in [0.1, 0.15) is 5.56 Å². The molecule has 0 bridgehead atoms. The number of hydrogen-bond acceptors (Lipinski definition) is 3. The number of Topliss-reactive ketones (excluding diaryl/α,β-unsaturated/α-hetero) is 1. The summed E-state index contributed by atoms with van der Waals surface area (Å²) in [5.74, 6) is 0.518. The van der Waals surface area contributed by atoms with Crippen LogP contribution in [0.4, 0.5) is 0 Å². The summed E-state index contributed by atoms with van der Waals surface area (Å²) in [7, 11) is 0. The van der Waals surface area contributed by atoms with Crippen molar-refractivity contribution < 1.29 is 9.53 Å². The summed E-state index contributed by atoms with van der Waals surface area (Å²) in [6.07, 6.45) is 0. The maximum atomic E-state index is 10.8. The number of ketones is 1. The van der Waals surface area contributed by atoms with Gasteiger partial charge in [0.05, 0.1) is 0 Å². The van der Waals surface area contributed by atoms with Crippen LogP contribution in [0.15, 0.2) is 29.3 Å². The highest BCUT2D eigenvalue weighted by atomic mass is 35.5. The lowest BCUT2D eigenvalue weighted by Crippen LogP contribution is -2.23. The Balaban J connectivity index is 2.23. The van der Waals surface area contributed by atoms with Crippen molar-refractivity contribution in [2.24, 2.45) is 4.99 Å². The minimum atomic E-state index is 0.00251. The fourth-order valence-corrected chi connectivity index (χ4v) is 1.29. The molecule has 0 N–H and O–H groups in total. The van der Waals surface area contributed by atoms with Gasteiger partial charge in [-0.3, -0.25) is 4.79 Å². The van der Waals surface area contributed by atoms with Crippen LogP contribution in [0.2, 0.25) is 5.02 Å². The SMILES string of the molecule is O=C1CN=C(c2ccc(Cl)cc2)OC1. The molecule has 0 spiro atoms. The van der Waals surface area contributed by atoms with E-state index in [-0.39, 0.29) is 18.9 Å². The molecule has 3 nitrogen and oxygen atoms in total. The van der Waals surface area contributed by atoms with Gasteiger partial charge in [0.15, 0.2) is 12.4 Å². The van der Waals surface area contributed by atoms with E-state index < -0.39 is 0 Å². The summed E-state index contributed by atoms with van der Waals surface area (Å²) in [4.78, 5) is 14.9. The Hall–Kier alpha value is -1.35. The molecular formula is C10H8ClNO2. The number of halogens is 1. The fourth-order valence-electron chi connectivity index (χ4n) is 1.17. The average molecular weight is 210 g/mol. The highest BCUT2D eigenvalue weighted by molar-refractivity contribution is 6.30. The van der Waals surface area contributed by atoms with E-state index in [2.05, 4.69) is 4.99 Å². The van der Waals surface area contributed by atoms with Crippen molar-refractivity contribution in [2.75, 3.05) is 13.2 Å². The van der Waals surface area contributed by atoms with Crippen LogP contribution in [-0.2, 0) is 9.53 Å². The summed E-state index contributed by atoms with van der Waals surface area (Å²) < 4.78 is 5.17. The van der Waals surface area contributed by atoms with Crippen molar-refractivity contribution in [1.82, 2.24) is 0 Å². The zero-order chi connectivity index (χ0) is 9.97. The molecule has 1 aromatic rings. The lowest BCUT2D eigenvalue weighted by atomic mass is 10.2. The summed E-state index contributed by atoms with van der Waals surface area (Å²) in [6, 6.07) is 7.16. The Bertz CT molecular complexity index is 384. The molecular weight excluding hydrogens is 202 g/mol. The third-order valence-electron chi connectivity index (χ3n) is 1.86. The summed E-state index contributed by atoms with van der Waals surface area (Å²) >= 11 is 5.74. The Morgan fingerprint density at radius 1 is 1.29 bits per heavy atom. The maximum Gasteiger partial charge on any atom is 0.216 e. The van der Waals surface area contributed by atoms with Crippen molar-refractivity contribution in [3.63, 3.8) is 0 Å².